The second-order valence-electron chi connectivity index (χ2n) is 5.77. The lowest BCUT2D eigenvalue weighted by atomic mass is 10.5. The van der Waals surface area contributed by atoms with E-state index in [-0.39, 0.29) is 0 Å². The van der Waals surface area contributed by atoms with Gasteiger partial charge in [-0.2, -0.15) is 0 Å². The summed E-state index contributed by atoms with van der Waals surface area (Å²) in [5.41, 5.74) is 1.60. The van der Waals surface area contributed by atoms with Crippen molar-refractivity contribution in [2.75, 3.05) is 6.61 Å². The Morgan fingerprint density at radius 1 is 1.40 bits per heavy atom. The van der Waals surface area contributed by atoms with Crippen LogP contribution in [0.1, 0.15) is 0 Å². The van der Waals surface area contributed by atoms with Crippen LogP contribution in [-0.2, 0) is 11.5 Å². The smallest absolute Gasteiger partial charge is 0.164 e. The topological polar surface area (TPSA) is 39.9 Å². The van der Waals surface area contributed by atoms with E-state index in [1.54, 1.807) is 0 Å². The number of aromatic nitrogens is 3. The van der Waals surface area contributed by atoms with Gasteiger partial charge in [0.2, 0.25) is 0 Å². The van der Waals surface area contributed by atoms with Gasteiger partial charge in [-0.15, -0.1) is 0 Å². The minimum Gasteiger partial charge on any atom is -0.361 e. The summed E-state index contributed by atoms with van der Waals surface area (Å²) in [5.74, 6) is 0. The molecule has 0 atom stereocenters. The van der Waals surface area contributed by atoms with Crippen molar-refractivity contribution in [3.63, 3.8) is 0 Å². The fraction of sp³-hybridized carbons (Fsp3) is 0.500. The van der Waals surface area contributed by atoms with E-state index in [9.17, 15) is 0 Å². The maximum absolute atomic E-state index is 6.02. The highest BCUT2D eigenvalue weighted by molar-refractivity contribution is 14.1. The third kappa shape index (κ3) is 4.16. The van der Waals surface area contributed by atoms with Crippen LogP contribution in [0.2, 0.25) is 30.8 Å². The lowest BCUT2D eigenvalue weighted by molar-refractivity contribution is 0.0898. The molecule has 2 aromatic heterocycles. The van der Waals surface area contributed by atoms with Crippen LogP contribution in [0.3, 0.4) is 0 Å². The third-order valence-electron chi connectivity index (χ3n) is 2.79. The summed E-state index contributed by atoms with van der Waals surface area (Å²) in [6, 6.07) is 1.15. The molecule has 0 aliphatic rings. The molecular formula is C12H16BrClIN3OSi. The molecule has 20 heavy (non-hydrogen) atoms. The van der Waals surface area contributed by atoms with Crippen molar-refractivity contribution in [2.45, 2.75) is 32.4 Å². The lowest BCUT2D eigenvalue weighted by Crippen LogP contribution is -2.22. The fourth-order valence-electron chi connectivity index (χ4n) is 1.65. The third-order valence-corrected chi connectivity index (χ3v) is 6.33. The van der Waals surface area contributed by atoms with Gasteiger partial charge in [-0.3, -0.25) is 0 Å². The molecule has 0 saturated heterocycles. The predicted molar refractivity (Wildman–Crippen MR) is 97.1 cm³/mol. The van der Waals surface area contributed by atoms with Crippen LogP contribution in [0, 0.1) is 3.57 Å². The van der Waals surface area contributed by atoms with Crippen molar-refractivity contribution < 1.29 is 4.74 Å². The van der Waals surface area contributed by atoms with Gasteiger partial charge in [0.1, 0.15) is 16.9 Å². The van der Waals surface area contributed by atoms with Gasteiger partial charge in [0.15, 0.2) is 10.8 Å². The SMILES string of the molecule is C[Si](C)(C)CCOCn1cc(I)c2nc(Br)c(Cl)nc21. The summed E-state index contributed by atoms with van der Waals surface area (Å²) < 4.78 is 9.32. The number of fused-ring (bicyclic) bond motifs is 1. The van der Waals surface area contributed by atoms with E-state index in [2.05, 4.69) is 68.1 Å². The van der Waals surface area contributed by atoms with Gasteiger partial charge in [0, 0.05) is 20.9 Å². The molecule has 0 aliphatic heterocycles. The molecule has 0 unspecified atom stereocenters. The highest BCUT2D eigenvalue weighted by atomic mass is 127. The molecule has 2 rings (SSSR count). The zero-order chi connectivity index (χ0) is 14.9. The Hall–Kier alpha value is 0.297. The monoisotopic (exact) mass is 487 g/mol. The normalized spacial score (nSPS) is 12.3. The second-order valence-corrected chi connectivity index (χ2v) is 13.7. The molecule has 0 amide bonds. The average Bonchev–Trinajstić information content (AvgIpc) is 2.62. The molecule has 0 fully saturated rings. The molecule has 0 aromatic carbocycles. The van der Waals surface area contributed by atoms with E-state index < -0.39 is 8.07 Å². The zero-order valence-electron chi connectivity index (χ0n) is 11.6. The van der Waals surface area contributed by atoms with E-state index in [1.165, 1.54) is 0 Å². The Bertz CT molecular complexity index is 629. The van der Waals surface area contributed by atoms with E-state index in [4.69, 9.17) is 16.3 Å². The maximum atomic E-state index is 6.02. The molecule has 0 aliphatic carbocycles. The van der Waals surface area contributed by atoms with Crippen LogP contribution in [0.25, 0.3) is 11.2 Å². The zero-order valence-corrected chi connectivity index (χ0v) is 17.1. The number of hydrogen-bond acceptors (Lipinski definition) is 3. The summed E-state index contributed by atoms with van der Waals surface area (Å²) in [7, 11) is -1.05. The van der Waals surface area contributed by atoms with Crippen molar-refractivity contribution in [1.82, 2.24) is 14.5 Å². The summed E-state index contributed by atoms with van der Waals surface area (Å²) in [6.45, 7) is 8.29. The molecule has 0 spiro atoms. The number of halogens is 3. The Balaban J connectivity index is 2.13. The van der Waals surface area contributed by atoms with Crippen LogP contribution in [0.4, 0.5) is 0 Å². The number of hydrogen-bond donors (Lipinski definition) is 0. The fourth-order valence-corrected chi connectivity index (χ4v) is 3.49. The van der Waals surface area contributed by atoms with Gasteiger partial charge in [0.05, 0.1) is 3.57 Å². The van der Waals surface area contributed by atoms with Gasteiger partial charge in [0.25, 0.3) is 0 Å². The summed E-state index contributed by atoms with van der Waals surface area (Å²) >= 11 is 11.6. The van der Waals surface area contributed by atoms with Crippen molar-refractivity contribution in [1.29, 1.82) is 0 Å². The van der Waals surface area contributed by atoms with Crippen molar-refractivity contribution in [2.24, 2.45) is 0 Å². The van der Waals surface area contributed by atoms with E-state index in [0.717, 1.165) is 27.4 Å². The molecule has 0 bridgehead atoms. The van der Waals surface area contributed by atoms with Gasteiger partial charge in [-0.25, -0.2) is 9.97 Å². The summed E-state index contributed by atoms with van der Waals surface area (Å²) in [6.07, 6.45) is 1.99. The largest absolute Gasteiger partial charge is 0.361 e. The minimum atomic E-state index is -1.05. The quantitative estimate of drug-likeness (QED) is 0.346. The predicted octanol–water partition coefficient (Wildman–Crippen LogP) is 4.76. The molecule has 0 saturated carbocycles. The van der Waals surface area contributed by atoms with E-state index >= 15 is 0 Å². The first-order valence-electron chi connectivity index (χ1n) is 6.23. The summed E-state index contributed by atoms with van der Waals surface area (Å²) in [4.78, 5) is 8.77. The molecule has 4 nitrogen and oxygen atoms in total. The standard InChI is InChI=1S/C12H16BrClIN3OSi/c1-20(2,3)5-4-19-7-18-6-8(15)9-12(18)17-11(14)10(13)16-9/h6H,4-5,7H2,1-3H3. The first kappa shape index (κ1) is 16.7. The maximum Gasteiger partial charge on any atom is 0.164 e. The van der Waals surface area contributed by atoms with Gasteiger partial charge in [-0.05, 0) is 44.6 Å². The molecular weight excluding hydrogens is 472 g/mol. The summed E-state index contributed by atoms with van der Waals surface area (Å²) in [5, 5.41) is 0.371. The number of ether oxygens (including phenoxy) is 1. The van der Waals surface area contributed by atoms with Crippen molar-refractivity contribution in [3.8, 4) is 0 Å². The van der Waals surface area contributed by atoms with Crippen LogP contribution >= 0.6 is 50.1 Å². The Morgan fingerprint density at radius 2 is 2.10 bits per heavy atom. The van der Waals surface area contributed by atoms with Crippen LogP contribution in [-0.4, -0.2) is 29.2 Å². The molecule has 8 heteroatoms. The van der Waals surface area contributed by atoms with Crippen molar-refractivity contribution in [3.05, 3.63) is 19.5 Å². The molecule has 0 N–H and O–H groups in total. The van der Waals surface area contributed by atoms with Gasteiger partial charge < -0.3 is 9.30 Å². The van der Waals surface area contributed by atoms with Crippen LogP contribution in [0.15, 0.2) is 10.8 Å². The highest BCUT2D eigenvalue weighted by Crippen LogP contribution is 2.26. The second kappa shape index (κ2) is 6.60. The van der Waals surface area contributed by atoms with Gasteiger partial charge >= 0.3 is 0 Å². The Labute approximate surface area is 146 Å². The molecule has 0 radical (unpaired) electrons. The lowest BCUT2D eigenvalue weighted by Gasteiger charge is -2.15. The van der Waals surface area contributed by atoms with Crippen LogP contribution in [0.5, 0.6) is 0 Å². The Kier molecular flexibility index (Phi) is 5.50. The molecule has 2 aromatic rings. The highest BCUT2D eigenvalue weighted by Gasteiger charge is 2.14. The number of rotatable bonds is 5. The minimum absolute atomic E-state index is 0.371. The van der Waals surface area contributed by atoms with Crippen molar-refractivity contribution >= 4 is 69.4 Å². The Morgan fingerprint density at radius 3 is 2.75 bits per heavy atom. The van der Waals surface area contributed by atoms with Gasteiger partial charge in [-0.1, -0.05) is 31.2 Å². The average molecular weight is 489 g/mol. The van der Waals surface area contributed by atoms with Crippen LogP contribution < -0.4 is 0 Å². The van der Waals surface area contributed by atoms with E-state index in [1.807, 2.05) is 10.8 Å². The molecule has 2 heterocycles. The first-order valence-corrected chi connectivity index (χ1v) is 12.2. The molecule has 110 valence electrons. The first-order chi connectivity index (χ1) is 9.28. The van der Waals surface area contributed by atoms with E-state index in [0.29, 0.717) is 16.5 Å². The number of nitrogens with zero attached hydrogens (tertiary/aromatic N) is 3.